The maximum atomic E-state index is 10.6. The van der Waals surface area contributed by atoms with Crippen LogP contribution in [0.1, 0.15) is 98.3 Å². The van der Waals surface area contributed by atoms with Crippen molar-refractivity contribution >= 4 is 0 Å². The molecule has 2 heteroatoms. The molecule has 0 aromatic carbocycles. The highest BCUT2D eigenvalue weighted by molar-refractivity contribution is 5.26. The van der Waals surface area contributed by atoms with Crippen molar-refractivity contribution in [3.8, 4) is 0 Å². The molecule has 0 radical (unpaired) electrons. The van der Waals surface area contributed by atoms with Gasteiger partial charge in [-0.1, -0.05) is 45.3 Å². The summed E-state index contributed by atoms with van der Waals surface area (Å²) in [6.45, 7) is 10.1. The van der Waals surface area contributed by atoms with Gasteiger partial charge in [0.2, 0.25) is 0 Å². The fraction of sp³-hybridized carbons (Fsp3) is 0.923. The lowest BCUT2D eigenvalue weighted by Crippen LogP contribution is -2.52. The van der Waals surface area contributed by atoms with Gasteiger partial charge < -0.3 is 10.2 Å². The molecule has 3 saturated carbocycles. The van der Waals surface area contributed by atoms with E-state index in [1.807, 2.05) is 6.92 Å². The third kappa shape index (κ3) is 3.31. The lowest BCUT2D eigenvalue weighted by Gasteiger charge is -2.59. The fourth-order valence-corrected chi connectivity index (χ4v) is 8.56. The van der Waals surface area contributed by atoms with Crippen LogP contribution in [0.4, 0.5) is 0 Å². The number of aliphatic hydroxyl groups excluding tert-OH is 1. The Labute approximate surface area is 173 Å². The van der Waals surface area contributed by atoms with Crippen molar-refractivity contribution in [1.29, 1.82) is 0 Å². The van der Waals surface area contributed by atoms with Crippen LogP contribution in [0.5, 0.6) is 0 Å². The van der Waals surface area contributed by atoms with Crippen LogP contribution in [0.2, 0.25) is 0 Å². The second-order valence-electron chi connectivity index (χ2n) is 11.9. The van der Waals surface area contributed by atoms with Gasteiger partial charge in [0.1, 0.15) is 0 Å². The van der Waals surface area contributed by atoms with E-state index in [2.05, 4.69) is 26.8 Å². The standard InChI is InChI=1S/C26H44O2/c1-18(7-5-6-16-27)21-10-11-22-20-9-8-19-17-24(2,28)14-15-25(19,3)23(20)12-13-26(21,22)4/h8,18,20-23,27-28H,5-7,9-17H2,1-4H3/t18-,20?,21-,22+,23+,24+,25+,26-/m1/s1. The van der Waals surface area contributed by atoms with Gasteiger partial charge in [0.25, 0.3) is 0 Å². The summed E-state index contributed by atoms with van der Waals surface area (Å²) in [4.78, 5) is 0. The Balaban J connectivity index is 1.52. The summed E-state index contributed by atoms with van der Waals surface area (Å²) in [5.41, 5.74) is 1.98. The summed E-state index contributed by atoms with van der Waals surface area (Å²) in [6, 6.07) is 0. The van der Waals surface area contributed by atoms with Gasteiger partial charge in [-0.05, 0) is 105 Å². The van der Waals surface area contributed by atoms with Gasteiger partial charge in [-0.3, -0.25) is 0 Å². The first-order valence-corrected chi connectivity index (χ1v) is 12.2. The normalized spacial score (nSPS) is 49.0. The zero-order valence-corrected chi connectivity index (χ0v) is 18.8. The van der Waals surface area contributed by atoms with E-state index in [0.29, 0.717) is 17.4 Å². The Morgan fingerprint density at radius 3 is 2.57 bits per heavy atom. The molecule has 28 heavy (non-hydrogen) atoms. The number of allylic oxidation sites excluding steroid dienone is 1. The highest BCUT2D eigenvalue weighted by Crippen LogP contribution is 2.67. The zero-order valence-electron chi connectivity index (χ0n) is 18.8. The molecule has 4 aliphatic carbocycles. The van der Waals surface area contributed by atoms with Crippen molar-refractivity contribution in [1.82, 2.24) is 0 Å². The highest BCUT2D eigenvalue weighted by atomic mass is 16.3. The van der Waals surface area contributed by atoms with Gasteiger partial charge in [-0.2, -0.15) is 0 Å². The molecule has 0 amide bonds. The summed E-state index contributed by atoms with van der Waals surface area (Å²) < 4.78 is 0. The van der Waals surface area contributed by atoms with Crippen LogP contribution in [0, 0.1) is 40.4 Å². The molecular formula is C26H44O2. The third-order valence-electron chi connectivity index (χ3n) is 10.2. The fourth-order valence-electron chi connectivity index (χ4n) is 8.56. The van der Waals surface area contributed by atoms with Gasteiger partial charge in [-0.15, -0.1) is 0 Å². The first-order valence-electron chi connectivity index (χ1n) is 12.2. The largest absolute Gasteiger partial charge is 0.396 e. The Morgan fingerprint density at radius 2 is 1.82 bits per heavy atom. The molecule has 0 aliphatic heterocycles. The van der Waals surface area contributed by atoms with Gasteiger partial charge >= 0.3 is 0 Å². The maximum Gasteiger partial charge on any atom is 0.0657 e. The maximum absolute atomic E-state index is 10.6. The first-order chi connectivity index (χ1) is 13.2. The number of aliphatic hydroxyl groups is 2. The predicted octanol–water partition coefficient (Wildman–Crippen LogP) is 6.12. The molecule has 0 bridgehead atoms. The Morgan fingerprint density at radius 1 is 1.04 bits per heavy atom. The smallest absolute Gasteiger partial charge is 0.0657 e. The summed E-state index contributed by atoms with van der Waals surface area (Å²) in [5.74, 6) is 4.28. The molecule has 0 heterocycles. The molecule has 4 aliphatic rings. The zero-order chi connectivity index (χ0) is 20.2. The lowest BCUT2D eigenvalue weighted by atomic mass is 9.46. The van der Waals surface area contributed by atoms with Crippen molar-refractivity contribution in [2.75, 3.05) is 6.61 Å². The topological polar surface area (TPSA) is 40.5 Å². The summed E-state index contributed by atoms with van der Waals surface area (Å²) in [5, 5.41) is 19.8. The number of unbranched alkanes of at least 4 members (excludes halogenated alkanes) is 1. The summed E-state index contributed by atoms with van der Waals surface area (Å²) >= 11 is 0. The van der Waals surface area contributed by atoms with Gasteiger partial charge in [0.05, 0.1) is 5.60 Å². The summed E-state index contributed by atoms with van der Waals surface area (Å²) in [6.07, 6.45) is 16.0. The average molecular weight is 389 g/mol. The van der Waals surface area contributed by atoms with Crippen LogP contribution < -0.4 is 0 Å². The van der Waals surface area contributed by atoms with E-state index in [4.69, 9.17) is 5.11 Å². The van der Waals surface area contributed by atoms with E-state index in [-0.39, 0.29) is 0 Å². The van der Waals surface area contributed by atoms with E-state index in [1.54, 1.807) is 5.57 Å². The van der Waals surface area contributed by atoms with Crippen LogP contribution in [-0.4, -0.2) is 22.4 Å². The molecule has 1 unspecified atom stereocenters. The molecule has 0 aromatic heterocycles. The molecule has 4 rings (SSSR count). The molecular weight excluding hydrogens is 344 g/mol. The number of hydrogen-bond acceptors (Lipinski definition) is 2. The quantitative estimate of drug-likeness (QED) is 0.440. The van der Waals surface area contributed by atoms with E-state index in [1.165, 1.54) is 51.4 Å². The number of rotatable bonds is 5. The van der Waals surface area contributed by atoms with E-state index in [0.717, 1.165) is 48.9 Å². The van der Waals surface area contributed by atoms with Gasteiger partial charge in [0, 0.05) is 6.61 Å². The molecule has 0 spiro atoms. The highest BCUT2D eigenvalue weighted by Gasteiger charge is 2.59. The minimum absolute atomic E-state index is 0.345. The second-order valence-corrected chi connectivity index (χ2v) is 11.9. The van der Waals surface area contributed by atoms with Crippen LogP contribution in [0.3, 0.4) is 0 Å². The van der Waals surface area contributed by atoms with Gasteiger partial charge in [-0.25, -0.2) is 0 Å². The van der Waals surface area contributed by atoms with Crippen molar-refractivity contribution in [2.45, 2.75) is 104 Å². The van der Waals surface area contributed by atoms with Crippen molar-refractivity contribution in [2.24, 2.45) is 40.4 Å². The van der Waals surface area contributed by atoms with Crippen LogP contribution in [0.15, 0.2) is 11.6 Å². The SMILES string of the molecule is C[C@H](CCCCO)[C@H]1CC[C@H]2C3CC=C4C[C@@](C)(O)CC[C@]4(C)[C@H]3CC[C@]12C. The lowest BCUT2D eigenvalue weighted by molar-refractivity contribution is -0.0705. The molecule has 2 nitrogen and oxygen atoms in total. The van der Waals surface area contributed by atoms with Crippen molar-refractivity contribution < 1.29 is 10.2 Å². The molecule has 2 N–H and O–H groups in total. The van der Waals surface area contributed by atoms with Crippen molar-refractivity contribution in [3.05, 3.63) is 11.6 Å². The van der Waals surface area contributed by atoms with Gasteiger partial charge in [0.15, 0.2) is 0 Å². The van der Waals surface area contributed by atoms with E-state index < -0.39 is 5.60 Å². The molecule has 160 valence electrons. The Bertz CT molecular complexity index is 608. The van der Waals surface area contributed by atoms with Crippen LogP contribution >= 0.6 is 0 Å². The minimum Gasteiger partial charge on any atom is -0.396 e. The Kier molecular flexibility index (Phi) is 5.54. The monoisotopic (exact) mass is 388 g/mol. The number of fused-ring (bicyclic) bond motifs is 5. The predicted molar refractivity (Wildman–Crippen MR) is 116 cm³/mol. The molecule has 0 saturated heterocycles. The minimum atomic E-state index is -0.482. The third-order valence-corrected chi connectivity index (χ3v) is 10.2. The Hall–Kier alpha value is -0.340. The van der Waals surface area contributed by atoms with Crippen LogP contribution in [0.25, 0.3) is 0 Å². The van der Waals surface area contributed by atoms with Crippen LogP contribution in [-0.2, 0) is 0 Å². The second kappa shape index (κ2) is 7.41. The number of hydrogen-bond donors (Lipinski definition) is 2. The summed E-state index contributed by atoms with van der Waals surface area (Å²) in [7, 11) is 0. The molecule has 8 atom stereocenters. The first kappa shape index (κ1) is 20.9. The average Bonchev–Trinajstić information content (AvgIpc) is 2.99. The van der Waals surface area contributed by atoms with Crippen molar-refractivity contribution in [3.63, 3.8) is 0 Å². The molecule has 3 fully saturated rings. The van der Waals surface area contributed by atoms with E-state index in [9.17, 15) is 5.11 Å². The molecule has 0 aromatic rings. The van der Waals surface area contributed by atoms with E-state index >= 15 is 0 Å².